The number of rotatable bonds is 1. The fourth-order valence-corrected chi connectivity index (χ4v) is 1.49. The highest BCUT2D eigenvalue weighted by Gasteiger charge is 2.42. The summed E-state index contributed by atoms with van der Waals surface area (Å²) in [5, 5.41) is 19.2. The molecule has 16 heavy (non-hydrogen) atoms. The van der Waals surface area contributed by atoms with E-state index in [1.165, 1.54) is 29.1 Å². The van der Waals surface area contributed by atoms with E-state index >= 15 is 0 Å². The van der Waals surface area contributed by atoms with Crippen LogP contribution in [0.1, 0.15) is 0 Å². The Hall–Kier alpha value is -1.73. The van der Waals surface area contributed by atoms with Crippen LogP contribution in [0.4, 0.5) is 10.2 Å². The molecule has 0 aromatic carbocycles. The van der Waals surface area contributed by atoms with E-state index in [2.05, 4.69) is 16.5 Å². The van der Waals surface area contributed by atoms with Crippen LogP contribution in [0.15, 0.2) is 24.7 Å². The summed E-state index contributed by atoms with van der Waals surface area (Å²) in [7, 11) is 1.47. The molecule has 2 rings (SSSR count). The second-order valence-electron chi connectivity index (χ2n) is 3.52. The van der Waals surface area contributed by atoms with Crippen molar-refractivity contribution in [1.82, 2.24) is 14.9 Å². The standard InChI is InChI=1S/C9H11FN4O2/c1-6-13(2)9(15,16)5-14(6)7-3-4-11-8(10)12-7/h3-4,15-16H,1,5H2,2H3. The summed E-state index contributed by atoms with van der Waals surface area (Å²) in [5.41, 5.74) is 0. The molecule has 0 amide bonds. The van der Waals surface area contributed by atoms with Gasteiger partial charge in [0.25, 0.3) is 5.91 Å². The Morgan fingerprint density at radius 1 is 1.56 bits per heavy atom. The van der Waals surface area contributed by atoms with E-state index in [4.69, 9.17) is 0 Å². The molecular weight excluding hydrogens is 215 g/mol. The van der Waals surface area contributed by atoms with Gasteiger partial charge >= 0.3 is 6.08 Å². The van der Waals surface area contributed by atoms with Crippen molar-refractivity contribution < 1.29 is 14.6 Å². The number of hydrogen-bond donors (Lipinski definition) is 2. The maximum atomic E-state index is 12.8. The lowest BCUT2D eigenvalue weighted by molar-refractivity contribution is -0.219. The SMILES string of the molecule is C=C1N(c2ccnc(F)n2)CC(O)(O)N1C. The summed E-state index contributed by atoms with van der Waals surface area (Å²) in [5.74, 6) is -1.48. The Kier molecular flexibility index (Phi) is 2.28. The first-order valence-corrected chi connectivity index (χ1v) is 4.55. The zero-order valence-electron chi connectivity index (χ0n) is 8.63. The summed E-state index contributed by atoms with van der Waals surface area (Å²) in [6, 6.07) is 1.46. The molecule has 6 nitrogen and oxygen atoms in total. The molecule has 1 aliphatic heterocycles. The van der Waals surface area contributed by atoms with Crippen LogP contribution in [0.25, 0.3) is 0 Å². The summed E-state index contributed by atoms with van der Waals surface area (Å²) >= 11 is 0. The molecule has 0 bridgehead atoms. The summed E-state index contributed by atoms with van der Waals surface area (Å²) in [4.78, 5) is 9.43. The fraction of sp³-hybridized carbons (Fsp3) is 0.333. The first-order valence-electron chi connectivity index (χ1n) is 4.55. The highest BCUT2D eigenvalue weighted by molar-refractivity contribution is 5.46. The Labute approximate surface area is 91.3 Å². The lowest BCUT2D eigenvalue weighted by atomic mass is 10.4. The van der Waals surface area contributed by atoms with Crippen molar-refractivity contribution >= 4 is 5.82 Å². The van der Waals surface area contributed by atoms with Gasteiger partial charge in [-0.25, -0.2) is 4.98 Å². The van der Waals surface area contributed by atoms with Gasteiger partial charge in [-0.1, -0.05) is 6.58 Å². The van der Waals surface area contributed by atoms with Crippen LogP contribution in [0, 0.1) is 6.08 Å². The van der Waals surface area contributed by atoms with Crippen LogP contribution in [-0.2, 0) is 0 Å². The minimum Gasteiger partial charge on any atom is -0.347 e. The average Bonchev–Trinajstić information content (AvgIpc) is 2.42. The fourth-order valence-electron chi connectivity index (χ4n) is 1.49. The van der Waals surface area contributed by atoms with Gasteiger partial charge in [0.15, 0.2) is 0 Å². The van der Waals surface area contributed by atoms with Crippen molar-refractivity contribution in [1.29, 1.82) is 0 Å². The quantitative estimate of drug-likeness (QED) is 0.496. The molecule has 0 aliphatic carbocycles. The van der Waals surface area contributed by atoms with Crippen molar-refractivity contribution in [3.63, 3.8) is 0 Å². The Morgan fingerprint density at radius 2 is 2.25 bits per heavy atom. The number of anilines is 1. The second kappa shape index (κ2) is 3.39. The van der Waals surface area contributed by atoms with Crippen molar-refractivity contribution in [2.45, 2.75) is 5.91 Å². The molecule has 0 unspecified atom stereocenters. The normalized spacial score (nSPS) is 19.4. The van der Waals surface area contributed by atoms with Crippen LogP contribution in [0.2, 0.25) is 0 Å². The molecule has 0 spiro atoms. The maximum absolute atomic E-state index is 12.8. The van der Waals surface area contributed by atoms with E-state index in [0.717, 1.165) is 0 Å². The largest absolute Gasteiger partial charge is 0.347 e. The Balaban J connectivity index is 2.34. The molecule has 1 fully saturated rings. The predicted octanol–water partition coefficient (Wildman–Crippen LogP) is -0.523. The molecule has 1 aromatic heterocycles. The molecule has 0 saturated carbocycles. The number of β-amino-alcohol motifs (C(OH)–C–C–N with tert-alkyl or cyclic N) is 2. The number of nitrogens with zero attached hydrogens (tertiary/aromatic N) is 4. The molecule has 0 atom stereocenters. The summed E-state index contributed by atoms with van der Waals surface area (Å²) in [6.45, 7) is 3.51. The van der Waals surface area contributed by atoms with Crippen molar-refractivity contribution in [3.8, 4) is 0 Å². The third kappa shape index (κ3) is 1.59. The third-order valence-corrected chi connectivity index (χ3v) is 2.49. The topological polar surface area (TPSA) is 72.7 Å². The lowest BCUT2D eigenvalue weighted by Gasteiger charge is -2.23. The van der Waals surface area contributed by atoms with Gasteiger partial charge in [-0.2, -0.15) is 9.37 Å². The number of likely N-dealkylation sites (N-methyl/N-ethyl adjacent to an activating group) is 1. The lowest BCUT2D eigenvalue weighted by Crippen LogP contribution is -2.42. The molecule has 0 radical (unpaired) electrons. The van der Waals surface area contributed by atoms with Crippen LogP contribution in [0.3, 0.4) is 0 Å². The minimum atomic E-state index is -2.03. The third-order valence-electron chi connectivity index (χ3n) is 2.49. The van der Waals surface area contributed by atoms with E-state index < -0.39 is 12.0 Å². The molecule has 86 valence electrons. The monoisotopic (exact) mass is 226 g/mol. The first-order chi connectivity index (χ1) is 7.42. The zero-order valence-corrected chi connectivity index (χ0v) is 8.63. The van der Waals surface area contributed by atoms with E-state index in [0.29, 0.717) is 5.82 Å². The van der Waals surface area contributed by atoms with Crippen molar-refractivity contribution in [2.24, 2.45) is 0 Å². The van der Waals surface area contributed by atoms with Gasteiger partial charge in [-0.05, 0) is 6.07 Å². The zero-order chi connectivity index (χ0) is 11.9. The van der Waals surface area contributed by atoms with Crippen LogP contribution < -0.4 is 4.90 Å². The van der Waals surface area contributed by atoms with Crippen molar-refractivity contribution in [3.05, 3.63) is 30.7 Å². The smallest absolute Gasteiger partial charge is 0.310 e. The highest BCUT2D eigenvalue weighted by Crippen LogP contribution is 2.29. The van der Waals surface area contributed by atoms with Gasteiger partial charge in [0, 0.05) is 13.2 Å². The van der Waals surface area contributed by atoms with Gasteiger partial charge in [0.05, 0.1) is 0 Å². The molecule has 1 aliphatic rings. The number of halogens is 1. The molecular formula is C9H11FN4O2. The molecule has 2 heterocycles. The Morgan fingerprint density at radius 3 is 2.75 bits per heavy atom. The van der Waals surface area contributed by atoms with E-state index in [9.17, 15) is 14.6 Å². The average molecular weight is 226 g/mol. The highest BCUT2D eigenvalue weighted by atomic mass is 19.1. The molecule has 2 N–H and O–H groups in total. The number of aromatic nitrogens is 2. The van der Waals surface area contributed by atoms with E-state index in [-0.39, 0.29) is 12.4 Å². The number of aliphatic hydroxyl groups is 2. The minimum absolute atomic E-state index is 0.154. The summed E-state index contributed by atoms with van der Waals surface area (Å²) in [6.07, 6.45) is 0.376. The predicted molar refractivity (Wildman–Crippen MR) is 53.4 cm³/mol. The molecule has 1 saturated heterocycles. The molecule has 7 heteroatoms. The van der Waals surface area contributed by atoms with Crippen LogP contribution in [-0.4, -0.2) is 44.6 Å². The van der Waals surface area contributed by atoms with E-state index in [1.54, 1.807) is 0 Å². The van der Waals surface area contributed by atoms with Crippen molar-refractivity contribution in [2.75, 3.05) is 18.5 Å². The molecule has 1 aromatic rings. The first kappa shape index (κ1) is 10.8. The Bertz CT molecular complexity index is 437. The van der Waals surface area contributed by atoms with Gasteiger partial charge in [0.2, 0.25) is 0 Å². The summed E-state index contributed by atoms with van der Waals surface area (Å²) < 4.78 is 12.8. The second-order valence-corrected chi connectivity index (χ2v) is 3.52. The van der Waals surface area contributed by atoms with Gasteiger partial charge in [-0.3, -0.25) is 0 Å². The van der Waals surface area contributed by atoms with Gasteiger partial charge < -0.3 is 20.0 Å². The maximum Gasteiger partial charge on any atom is 0.310 e. The van der Waals surface area contributed by atoms with Gasteiger partial charge in [-0.15, -0.1) is 0 Å². The van der Waals surface area contributed by atoms with Crippen LogP contribution in [0.5, 0.6) is 0 Å². The van der Waals surface area contributed by atoms with Crippen LogP contribution >= 0.6 is 0 Å². The van der Waals surface area contributed by atoms with E-state index in [1.807, 2.05) is 0 Å². The van der Waals surface area contributed by atoms with Gasteiger partial charge in [0.1, 0.15) is 18.2 Å². The number of hydrogen-bond acceptors (Lipinski definition) is 6.